The maximum absolute atomic E-state index is 5.65. The average Bonchev–Trinajstić information content (AvgIpc) is 2.69. The fraction of sp³-hybridized carbons (Fsp3) is 0.350. The second-order valence-corrected chi connectivity index (χ2v) is 5.54. The van der Waals surface area contributed by atoms with Gasteiger partial charge in [0.05, 0.1) is 40.7 Å². The number of ether oxygens (including phenoxy) is 4. The second kappa shape index (κ2) is 10.2. The summed E-state index contributed by atoms with van der Waals surface area (Å²) >= 11 is 0. The molecule has 2 aromatic carbocycles. The van der Waals surface area contributed by atoms with Gasteiger partial charge in [0.1, 0.15) is 0 Å². The number of nitrogens with zero attached hydrogens (tertiary/aromatic N) is 1. The van der Waals surface area contributed by atoms with Gasteiger partial charge in [0.25, 0.3) is 0 Å². The topological polar surface area (TPSA) is 61.3 Å². The zero-order valence-corrected chi connectivity index (χ0v) is 15.7. The van der Waals surface area contributed by atoms with E-state index in [-0.39, 0.29) is 0 Å². The van der Waals surface area contributed by atoms with Crippen LogP contribution < -0.4 is 24.4 Å². The zero-order valence-electron chi connectivity index (χ0n) is 15.7. The van der Waals surface area contributed by atoms with Crippen LogP contribution in [-0.2, 0) is 6.54 Å². The van der Waals surface area contributed by atoms with Crippen molar-refractivity contribution in [3.8, 4) is 23.0 Å². The van der Waals surface area contributed by atoms with Crippen molar-refractivity contribution in [3.05, 3.63) is 47.5 Å². The Morgan fingerprint density at radius 1 is 0.885 bits per heavy atom. The van der Waals surface area contributed by atoms with E-state index in [0.717, 1.165) is 23.3 Å². The second-order valence-electron chi connectivity index (χ2n) is 5.54. The summed E-state index contributed by atoms with van der Waals surface area (Å²) in [5.41, 5.74) is 4.99. The van der Waals surface area contributed by atoms with Gasteiger partial charge in [-0.05, 0) is 47.9 Å². The Kier molecular flexibility index (Phi) is 7.61. The Morgan fingerprint density at radius 3 is 2.27 bits per heavy atom. The van der Waals surface area contributed by atoms with E-state index in [1.165, 1.54) is 0 Å². The first-order valence-corrected chi connectivity index (χ1v) is 8.49. The molecule has 0 radical (unpaired) electrons. The number of hydrogen-bond acceptors (Lipinski definition) is 6. The molecule has 0 heterocycles. The SMILES string of the molecule is CCCOc1ccc(/C=N/NCc2ccc(OC)c(OC)c2)cc1OC. The molecule has 140 valence electrons. The first-order valence-electron chi connectivity index (χ1n) is 8.49. The molecule has 6 nitrogen and oxygen atoms in total. The summed E-state index contributed by atoms with van der Waals surface area (Å²) in [6.07, 6.45) is 2.69. The minimum atomic E-state index is 0.575. The van der Waals surface area contributed by atoms with Crippen LogP contribution in [0.4, 0.5) is 0 Å². The number of methoxy groups -OCH3 is 3. The van der Waals surface area contributed by atoms with Gasteiger partial charge in [0.15, 0.2) is 23.0 Å². The van der Waals surface area contributed by atoms with Crippen LogP contribution in [0.1, 0.15) is 24.5 Å². The van der Waals surface area contributed by atoms with E-state index < -0.39 is 0 Å². The number of rotatable bonds is 10. The molecule has 0 spiro atoms. The maximum atomic E-state index is 5.65. The van der Waals surface area contributed by atoms with Crippen molar-refractivity contribution >= 4 is 6.21 Å². The molecule has 0 aliphatic rings. The van der Waals surface area contributed by atoms with Crippen LogP contribution in [0.3, 0.4) is 0 Å². The lowest BCUT2D eigenvalue weighted by Crippen LogP contribution is -2.06. The highest BCUT2D eigenvalue weighted by Crippen LogP contribution is 2.28. The van der Waals surface area contributed by atoms with E-state index in [1.807, 2.05) is 36.4 Å². The standard InChI is InChI=1S/C20H26N2O4/c1-5-10-26-18-9-7-16(12-20(18)25-4)14-22-21-13-15-6-8-17(23-2)19(11-15)24-3/h6-9,11-12,14,21H,5,10,13H2,1-4H3/b22-14+. The van der Waals surface area contributed by atoms with E-state index in [1.54, 1.807) is 27.5 Å². The van der Waals surface area contributed by atoms with Crippen molar-refractivity contribution in [1.29, 1.82) is 0 Å². The number of hydrazone groups is 1. The minimum Gasteiger partial charge on any atom is -0.493 e. The Morgan fingerprint density at radius 2 is 1.58 bits per heavy atom. The highest BCUT2D eigenvalue weighted by atomic mass is 16.5. The van der Waals surface area contributed by atoms with Gasteiger partial charge < -0.3 is 24.4 Å². The fourth-order valence-corrected chi connectivity index (χ4v) is 2.34. The Labute approximate surface area is 154 Å². The third-order valence-corrected chi connectivity index (χ3v) is 3.69. The van der Waals surface area contributed by atoms with Crippen molar-refractivity contribution in [3.63, 3.8) is 0 Å². The number of hydrogen-bond donors (Lipinski definition) is 1. The predicted molar refractivity (Wildman–Crippen MR) is 103 cm³/mol. The quantitative estimate of drug-likeness (QED) is 0.519. The first-order chi connectivity index (χ1) is 12.7. The van der Waals surface area contributed by atoms with Crippen molar-refractivity contribution in [2.24, 2.45) is 5.10 Å². The van der Waals surface area contributed by atoms with Crippen LogP contribution in [-0.4, -0.2) is 34.2 Å². The van der Waals surface area contributed by atoms with Crippen LogP contribution in [0.25, 0.3) is 0 Å². The van der Waals surface area contributed by atoms with E-state index in [0.29, 0.717) is 30.4 Å². The average molecular weight is 358 g/mol. The monoisotopic (exact) mass is 358 g/mol. The smallest absolute Gasteiger partial charge is 0.161 e. The molecule has 2 aromatic rings. The largest absolute Gasteiger partial charge is 0.493 e. The van der Waals surface area contributed by atoms with Gasteiger partial charge in [-0.3, -0.25) is 0 Å². The van der Waals surface area contributed by atoms with Gasteiger partial charge in [0, 0.05) is 0 Å². The molecular weight excluding hydrogens is 332 g/mol. The molecule has 26 heavy (non-hydrogen) atoms. The molecule has 1 N–H and O–H groups in total. The Bertz CT molecular complexity index is 732. The molecule has 0 saturated carbocycles. The minimum absolute atomic E-state index is 0.575. The van der Waals surface area contributed by atoms with Gasteiger partial charge in [-0.25, -0.2) is 0 Å². The van der Waals surface area contributed by atoms with E-state index in [2.05, 4.69) is 17.5 Å². The van der Waals surface area contributed by atoms with Gasteiger partial charge >= 0.3 is 0 Å². The molecular formula is C20H26N2O4. The normalized spacial score (nSPS) is 10.6. The van der Waals surface area contributed by atoms with E-state index in [9.17, 15) is 0 Å². The van der Waals surface area contributed by atoms with Gasteiger partial charge in [-0.15, -0.1) is 0 Å². The van der Waals surface area contributed by atoms with Crippen LogP contribution in [0.5, 0.6) is 23.0 Å². The van der Waals surface area contributed by atoms with Crippen LogP contribution in [0.2, 0.25) is 0 Å². The summed E-state index contributed by atoms with van der Waals surface area (Å²) in [6.45, 7) is 3.31. The van der Waals surface area contributed by atoms with Crippen molar-refractivity contribution in [1.82, 2.24) is 5.43 Å². The molecule has 0 atom stereocenters. The lowest BCUT2D eigenvalue weighted by molar-refractivity contribution is 0.294. The summed E-state index contributed by atoms with van der Waals surface area (Å²) < 4.78 is 21.6. The van der Waals surface area contributed by atoms with Crippen LogP contribution in [0, 0.1) is 0 Å². The van der Waals surface area contributed by atoms with E-state index >= 15 is 0 Å². The maximum Gasteiger partial charge on any atom is 0.161 e. The summed E-state index contributed by atoms with van der Waals surface area (Å²) in [4.78, 5) is 0. The fourth-order valence-electron chi connectivity index (χ4n) is 2.34. The molecule has 0 aliphatic carbocycles. The predicted octanol–water partition coefficient (Wildman–Crippen LogP) is 3.62. The Balaban J connectivity index is 1.96. The lowest BCUT2D eigenvalue weighted by Gasteiger charge is -2.10. The molecule has 0 unspecified atom stereocenters. The molecule has 6 heteroatoms. The number of nitrogens with one attached hydrogen (secondary N) is 1. The first kappa shape index (κ1) is 19.4. The zero-order chi connectivity index (χ0) is 18.8. The van der Waals surface area contributed by atoms with Crippen LogP contribution in [0.15, 0.2) is 41.5 Å². The van der Waals surface area contributed by atoms with Gasteiger partial charge in [-0.2, -0.15) is 5.10 Å². The summed E-state index contributed by atoms with van der Waals surface area (Å²) in [6, 6.07) is 11.5. The van der Waals surface area contributed by atoms with Gasteiger partial charge in [0.2, 0.25) is 0 Å². The molecule has 2 rings (SSSR count). The Hall–Kier alpha value is -2.89. The van der Waals surface area contributed by atoms with Crippen LogP contribution >= 0.6 is 0 Å². The summed E-state index contributed by atoms with van der Waals surface area (Å²) in [7, 11) is 4.87. The third kappa shape index (κ3) is 5.31. The summed E-state index contributed by atoms with van der Waals surface area (Å²) in [5.74, 6) is 2.84. The molecule has 0 saturated heterocycles. The molecule has 0 aliphatic heterocycles. The lowest BCUT2D eigenvalue weighted by atomic mass is 10.2. The van der Waals surface area contributed by atoms with Gasteiger partial charge in [-0.1, -0.05) is 13.0 Å². The van der Waals surface area contributed by atoms with Crippen molar-refractivity contribution in [2.45, 2.75) is 19.9 Å². The highest BCUT2D eigenvalue weighted by molar-refractivity contribution is 5.80. The molecule has 0 bridgehead atoms. The van der Waals surface area contributed by atoms with Crippen molar-refractivity contribution in [2.75, 3.05) is 27.9 Å². The van der Waals surface area contributed by atoms with E-state index in [4.69, 9.17) is 18.9 Å². The van der Waals surface area contributed by atoms with Crippen molar-refractivity contribution < 1.29 is 18.9 Å². The molecule has 0 aromatic heterocycles. The molecule has 0 fully saturated rings. The molecule has 0 amide bonds. The summed E-state index contributed by atoms with van der Waals surface area (Å²) in [5, 5.41) is 4.26. The number of benzene rings is 2. The highest BCUT2D eigenvalue weighted by Gasteiger charge is 2.05. The third-order valence-electron chi connectivity index (χ3n) is 3.69.